The summed E-state index contributed by atoms with van der Waals surface area (Å²) >= 11 is 0. The van der Waals surface area contributed by atoms with Crippen LogP contribution in [0.1, 0.15) is 36.0 Å². The van der Waals surface area contributed by atoms with Gasteiger partial charge in [0.15, 0.2) is 0 Å². The molecule has 0 amide bonds. The molecule has 2 aromatic carbocycles. The molecule has 3 rings (SSSR count). The summed E-state index contributed by atoms with van der Waals surface area (Å²) in [5, 5.41) is 3.72. The van der Waals surface area contributed by atoms with Gasteiger partial charge in [-0.25, -0.2) is 0 Å². The highest BCUT2D eigenvalue weighted by molar-refractivity contribution is 5.40. The van der Waals surface area contributed by atoms with Crippen LogP contribution in [-0.4, -0.2) is 13.2 Å². The van der Waals surface area contributed by atoms with Gasteiger partial charge in [-0.05, 0) is 47.6 Å². The third kappa shape index (κ3) is 2.96. The van der Waals surface area contributed by atoms with Crippen LogP contribution in [0.25, 0.3) is 0 Å². The minimum Gasteiger partial charge on any atom is -0.497 e. The highest BCUT2D eigenvalue weighted by atomic mass is 16.5. The van der Waals surface area contributed by atoms with E-state index in [-0.39, 0.29) is 0 Å². The number of nitrogens with one attached hydrogen (secondary N) is 1. The van der Waals surface area contributed by atoms with Crippen LogP contribution in [-0.2, 0) is 13.0 Å². The average molecular weight is 281 g/mol. The number of hydrogen-bond acceptors (Lipinski definition) is 2. The second-order valence-corrected chi connectivity index (χ2v) is 5.76. The SMILES string of the molecule is CCC1c2ccc(OC)cc2CNC1Cc1ccccc1. The number of fused-ring (bicyclic) bond motifs is 1. The number of ether oxygens (including phenoxy) is 1. The van der Waals surface area contributed by atoms with E-state index in [2.05, 4.69) is 60.8 Å². The number of rotatable bonds is 4. The molecule has 1 heterocycles. The van der Waals surface area contributed by atoms with Gasteiger partial charge in [-0.1, -0.05) is 43.3 Å². The fourth-order valence-electron chi connectivity index (χ4n) is 3.41. The zero-order valence-electron chi connectivity index (χ0n) is 12.8. The van der Waals surface area contributed by atoms with E-state index < -0.39 is 0 Å². The van der Waals surface area contributed by atoms with Gasteiger partial charge in [0.2, 0.25) is 0 Å². The summed E-state index contributed by atoms with van der Waals surface area (Å²) in [7, 11) is 1.73. The van der Waals surface area contributed by atoms with Gasteiger partial charge >= 0.3 is 0 Å². The van der Waals surface area contributed by atoms with E-state index in [4.69, 9.17) is 4.74 Å². The molecular weight excluding hydrogens is 258 g/mol. The molecule has 2 aromatic rings. The van der Waals surface area contributed by atoms with Gasteiger partial charge in [-0.3, -0.25) is 0 Å². The molecule has 2 nitrogen and oxygen atoms in total. The zero-order chi connectivity index (χ0) is 14.7. The highest BCUT2D eigenvalue weighted by Crippen LogP contribution is 2.34. The second kappa shape index (κ2) is 6.31. The fourth-order valence-corrected chi connectivity index (χ4v) is 3.41. The van der Waals surface area contributed by atoms with Crippen molar-refractivity contribution in [2.75, 3.05) is 7.11 Å². The summed E-state index contributed by atoms with van der Waals surface area (Å²) in [5.41, 5.74) is 4.27. The van der Waals surface area contributed by atoms with Crippen LogP contribution in [0.5, 0.6) is 5.75 Å². The van der Waals surface area contributed by atoms with Gasteiger partial charge in [0, 0.05) is 12.6 Å². The van der Waals surface area contributed by atoms with Gasteiger partial charge < -0.3 is 10.1 Å². The molecule has 1 aliphatic heterocycles. The molecule has 1 N–H and O–H groups in total. The summed E-state index contributed by atoms with van der Waals surface area (Å²) in [6.45, 7) is 3.21. The first-order valence-electron chi connectivity index (χ1n) is 7.76. The van der Waals surface area contributed by atoms with Crippen LogP contribution in [0.2, 0.25) is 0 Å². The van der Waals surface area contributed by atoms with Crippen molar-refractivity contribution in [2.24, 2.45) is 0 Å². The quantitative estimate of drug-likeness (QED) is 0.917. The van der Waals surface area contributed by atoms with Crippen LogP contribution in [0.15, 0.2) is 48.5 Å². The van der Waals surface area contributed by atoms with Crippen molar-refractivity contribution < 1.29 is 4.74 Å². The molecule has 2 atom stereocenters. The first kappa shape index (κ1) is 14.2. The topological polar surface area (TPSA) is 21.3 Å². The average Bonchev–Trinajstić information content (AvgIpc) is 2.55. The lowest BCUT2D eigenvalue weighted by Gasteiger charge is -2.34. The highest BCUT2D eigenvalue weighted by Gasteiger charge is 2.28. The molecule has 2 unspecified atom stereocenters. The molecule has 2 heteroatoms. The van der Waals surface area contributed by atoms with E-state index in [1.807, 2.05) is 0 Å². The number of benzene rings is 2. The monoisotopic (exact) mass is 281 g/mol. The van der Waals surface area contributed by atoms with Crippen molar-refractivity contribution in [1.82, 2.24) is 5.32 Å². The van der Waals surface area contributed by atoms with E-state index in [0.29, 0.717) is 12.0 Å². The van der Waals surface area contributed by atoms with E-state index in [1.54, 1.807) is 7.11 Å². The van der Waals surface area contributed by atoms with Crippen LogP contribution in [0, 0.1) is 0 Å². The minimum atomic E-state index is 0.512. The van der Waals surface area contributed by atoms with E-state index >= 15 is 0 Å². The van der Waals surface area contributed by atoms with Crippen LogP contribution in [0.4, 0.5) is 0 Å². The van der Waals surface area contributed by atoms with Gasteiger partial charge in [0.25, 0.3) is 0 Å². The lowest BCUT2D eigenvalue weighted by atomic mass is 9.80. The van der Waals surface area contributed by atoms with Gasteiger partial charge in [0.1, 0.15) is 5.75 Å². The first-order valence-corrected chi connectivity index (χ1v) is 7.76. The summed E-state index contributed by atoms with van der Waals surface area (Å²) in [4.78, 5) is 0. The van der Waals surface area contributed by atoms with Crippen molar-refractivity contribution in [2.45, 2.75) is 38.3 Å². The summed E-state index contributed by atoms with van der Waals surface area (Å²) in [6, 6.07) is 17.8. The maximum Gasteiger partial charge on any atom is 0.119 e. The molecular formula is C19H23NO. The van der Waals surface area contributed by atoms with Gasteiger partial charge in [-0.2, -0.15) is 0 Å². The lowest BCUT2D eigenvalue weighted by Crippen LogP contribution is -2.40. The molecule has 0 saturated heterocycles. The molecule has 0 radical (unpaired) electrons. The van der Waals surface area contributed by atoms with Crippen molar-refractivity contribution in [3.05, 3.63) is 65.2 Å². The molecule has 0 bridgehead atoms. The van der Waals surface area contributed by atoms with Crippen molar-refractivity contribution in [1.29, 1.82) is 0 Å². The van der Waals surface area contributed by atoms with Crippen LogP contribution >= 0.6 is 0 Å². The molecule has 21 heavy (non-hydrogen) atoms. The Morgan fingerprint density at radius 3 is 2.67 bits per heavy atom. The fraction of sp³-hybridized carbons (Fsp3) is 0.368. The lowest BCUT2D eigenvalue weighted by molar-refractivity contribution is 0.384. The summed E-state index contributed by atoms with van der Waals surface area (Å²) < 4.78 is 5.34. The molecule has 110 valence electrons. The first-order chi connectivity index (χ1) is 10.3. The standard InChI is InChI=1S/C19H23NO/c1-3-17-18-10-9-16(21-2)12-15(18)13-20-19(17)11-14-7-5-4-6-8-14/h4-10,12,17,19-20H,3,11,13H2,1-2H3. The number of methoxy groups -OCH3 is 1. The molecule has 0 aromatic heterocycles. The Kier molecular flexibility index (Phi) is 4.26. The smallest absolute Gasteiger partial charge is 0.119 e. The van der Waals surface area contributed by atoms with Crippen LogP contribution in [0.3, 0.4) is 0 Å². The van der Waals surface area contributed by atoms with E-state index in [1.165, 1.54) is 16.7 Å². The number of hydrogen-bond donors (Lipinski definition) is 1. The second-order valence-electron chi connectivity index (χ2n) is 5.76. The maximum absolute atomic E-state index is 5.34. The Balaban J connectivity index is 1.84. The molecule has 0 saturated carbocycles. The van der Waals surface area contributed by atoms with Gasteiger partial charge in [0.05, 0.1) is 7.11 Å². The predicted molar refractivity (Wildman–Crippen MR) is 86.8 cm³/mol. The Bertz CT molecular complexity index is 594. The summed E-state index contributed by atoms with van der Waals surface area (Å²) in [6.07, 6.45) is 2.24. The Labute approximate surface area is 127 Å². The Morgan fingerprint density at radius 2 is 1.95 bits per heavy atom. The molecule has 0 spiro atoms. The van der Waals surface area contributed by atoms with E-state index in [9.17, 15) is 0 Å². The normalized spacial score (nSPS) is 20.9. The van der Waals surface area contributed by atoms with Crippen LogP contribution < -0.4 is 10.1 Å². The predicted octanol–water partition coefficient (Wildman–Crippen LogP) is 3.90. The Morgan fingerprint density at radius 1 is 1.14 bits per heavy atom. The maximum atomic E-state index is 5.34. The van der Waals surface area contributed by atoms with Crippen molar-refractivity contribution in [3.63, 3.8) is 0 Å². The van der Waals surface area contributed by atoms with Crippen molar-refractivity contribution in [3.8, 4) is 5.75 Å². The Hall–Kier alpha value is -1.80. The van der Waals surface area contributed by atoms with E-state index in [0.717, 1.165) is 25.1 Å². The third-order valence-corrected chi connectivity index (χ3v) is 4.53. The summed E-state index contributed by atoms with van der Waals surface area (Å²) in [5.74, 6) is 1.52. The molecule has 1 aliphatic rings. The molecule has 0 fully saturated rings. The minimum absolute atomic E-state index is 0.512. The molecule has 0 aliphatic carbocycles. The van der Waals surface area contributed by atoms with Gasteiger partial charge in [-0.15, -0.1) is 0 Å². The zero-order valence-corrected chi connectivity index (χ0v) is 12.8. The van der Waals surface area contributed by atoms with Crippen molar-refractivity contribution >= 4 is 0 Å². The third-order valence-electron chi connectivity index (χ3n) is 4.53. The largest absolute Gasteiger partial charge is 0.497 e.